The van der Waals surface area contributed by atoms with Gasteiger partial charge in [-0.3, -0.25) is 4.57 Å². The number of nitriles is 1. The number of benzene rings is 1. The lowest BCUT2D eigenvalue weighted by molar-refractivity contribution is -0.191. The van der Waals surface area contributed by atoms with Crippen LogP contribution in [0, 0.1) is 11.3 Å². The minimum absolute atomic E-state index is 0.0265. The number of rotatable bonds is 5. The minimum Gasteiger partial charge on any atom is -0.338 e. The van der Waals surface area contributed by atoms with Gasteiger partial charge < -0.3 is 9.47 Å². The molecule has 9 heteroatoms. The molecule has 134 valence electrons. The molecular formula is C16H13BrClF3N2O2. The second-order valence-electron chi connectivity index (χ2n) is 4.87. The van der Waals surface area contributed by atoms with Gasteiger partial charge in [0.2, 0.25) is 6.41 Å². The Hall–Kier alpha value is -1.53. The van der Waals surface area contributed by atoms with Crippen molar-refractivity contribution in [2.75, 3.05) is 13.7 Å². The van der Waals surface area contributed by atoms with Crippen molar-refractivity contribution in [1.82, 2.24) is 4.57 Å². The van der Waals surface area contributed by atoms with Crippen molar-refractivity contribution < 1.29 is 22.6 Å². The van der Waals surface area contributed by atoms with Crippen LogP contribution in [0.4, 0.5) is 13.2 Å². The lowest BCUT2D eigenvalue weighted by Crippen LogP contribution is -2.23. The SMILES string of the molecule is CCOC(OC)n1c(-c2ccc(Cl)cc2)c(C#N)c(Br)c1C(F)(F)F. The van der Waals surface area contributed by atoms with Gasteiger partial charge in [0.05, 0.1) is 15.7 Å². The summed E-state index contributed by atoms with van der Waals surface area (Å²) in [6.07, 6.45) is -6.09. The summed E-state index contributed by atoms with van der Waals surface area (Å²) in [6.45, 7) is 1.75. The quantitative estimate of drug-likeness (QED) is 0.572. The highest BCUT2D eigenvalue weighted by molar-refractivity contribution is 9.10. The van der Waals surface area contributed by atoms with E-state index >= 15 is 0 Å². The van der Waals surface area contributed by atoms with E-state index in [4.69, 9.17) is 21.1 Å². The minimum atomic E-state index is -4.73. The third kappa shape index (κ3) is 3.85. The molecule has 0 aliphatic rings. The summed E-state index contributed by atoms with van der Waals surface area (Å²) < 4.78 is 51.8. The van der Waals surface area contributed by atoms with E-state index in [1.54, 1.807) is 6.92 Å². The number of hydrogen-bond acceptors (Lipinski definition) is 3. The van der Waals surface area contributed by atoms with Gasteiger partial charge in [-0.1, -0.05) is 23.7 Å². The molecule has 1 aromatic heterocycles. The Balaban J connectivity index is 2.89. The Bertz CT molecular complexity index is 798. The van der Waals surface area contributed by atoms with Gasteiger partial charge in [-0.15, -0.1) is 0 Å². The first-order valence-corrected chi connectivity index (χ1v) is 8.24. The number of methoxy groups -OCH3 is 1. The fourth-order valence-corrected chi connectivity index (χ4v) is 3.23. The monoisotopic (exact) mass is 436 g/mol. The molecule has 25 heavy (non-hydrogen) atoms. The summed E-state index contributed by atoms with van der Waals surface area (Å²) in [5, 5.41) is 9.85. The van der Waals surface area contributed by atoms with Crippen molar-refractivity contribution in [3.63, 3.8) is 0 Å². The van der Waals surface area contributed by atoms with Crippen LogP contribution in [0.25, 0.3) is 11.3 Å². The zero-order valence-electron chi connectivity index (χ0n) is 13.2. The number of nitrogens with zero attached hydrogens (tertiary/aromatic N) is 2. The topological polar surface area (TPSA) is 47.2 Å². The van der Waals surface area contributed by atoms with Crippen LogP contribution in [-0.4, -0.2) is 18.3 Å². The third-order valence-electron chi connectivity index (χ3n) is 3.37. The van der Waals surface area contributed by atoms with Crippen LogP contribution in [0.3, 0.4) is 0 Å². The van der Waals surface area contributed by atoms with E-state index in [1.165, 1.54) is 31.4 Å². The van der Waals surface area contributed by atoms with Gasteiger partial charge in [-0.05, 0) is 40.5 Å². The first-order chi connectivity index (χ1) is 11.8. The maximum absolute atomic E-state index is 13.7. The molecule has 1 atom stereocenters. The Morgan fingerprint density at radius 3 is 2.36 bits per heavy atom. The molecule has 1 aromatic carbocycles. The summed E-state index contributed by atoms with van der Waals surface area (Å²) in [5.41, 5.74) is -0.830. The van der Waals surface area contributed by atoms with E-state index in [9.17, 15) is 18.4 Å². The second-order valence-corrected chi connectivity index (χ2v) is 6.10. The summed E-state index contributed by atoms with van der Waals surface area (Å²) in [7, 11) is 1.23. The zero-order valence-corrected chi connectivity index (χ0v) is 15.5. The van der Waals surface area contributed by atoms with E-state index in [2.05, 4.69) is 15.9 Å². The summed E-state index contributed by atoms with van der Waals surface area (Å²) in [5.74, 6) is 0. The van der Waals surface area contributed by atoms with E-state index in [-0.39, 0.29) is 22.3 Å². The van der Waals surface area contributed by atoms with Gasteiger partial charge >= 0.3 is 6.18 Å². The molecule has 0 amide bonds. The number of ether oxygens (including phenoxy) is 2. The third-order valence-corrected chi connectivity index (χ3v) is 4.39. The van der Waals surface area contributed by atoms with Gasteiger partial charge in [-0.25, -0.2) is 0 Å². The van der Waals surface area contributed by atoms with Crippen LogP contribution >= 0.6 is 27.5 Å². The van der Waals surface area contributed by atoms with Crippen molar-refractivity contribution >= 4 is 27.5 Å². The highest BCUT2D eigenvalue weighted by Gasteiger charge is 2.42. The number of aromatic nitrogens is 1. The standard InChI is InChI=1S/C16H13BrClF3N2O2/c1-3-25-15(24-2)23-13(9-4-6-10(18)7-5-9)11(8-22)12(17)14(23)16(19,20)21/h4-7,15H,3H2,1-2H3. The first kappa shape index (κ1) is 19.8. The molecule has 0 aliphatic carbocycles. The van der Waals surface area contributed by atoms with E-state index in [1.807, 2.05) is 6.07 Å². The lowest BCUT2D eigenvalue weighted by atomic mass is 10.1. The highest BCUT2D eigenvalue weighted by atomic mass is 79.9. The molecule has 2 rings (SSSR count). The van der Waals surface area contributed by atoms with Crippen molar-refractivity contribution in [2.24, 2.45) is 0 Å². The van der Waals surface area contributed by atoms with Gasteiger partial charge in [0.15, 0.2) is 0 Å². The van der Waals surface area contributed by atoms with Crippen molar-refractivity contribution in [2.45, 2.75) is 19.5 Å². The predicted molar refractivity (Wildman–Crippen MR) is 90.0 cm³/mol. The van der Waals surface area contributed by atoms with Gasteiger partial charge in [0, 0.05) is 18.7 Å². The summed E-state index contributed by atoms with van der Waals surface area (Å²) >= 11 is 8.76. The second kappa shape index (κ2) is 7.79. The van der Waals surface area contributed by atoms with E-state index in [0.29, 0.717) is 10.6 Å². The fraction of sp³-hybridized carbons (Fsp3) is 0.312. The molecule has 0 saturated heterocycles. The van der Waals surface area contributed by atoms with Crippen LogP contribution in [0.15, 0.2) is 28.7 Å². The van der Waals surface area contributed by atoms with Gasteiger partial charge in [0.25, 0.3) is 0 Å². The molecule has 0 aliphatic heterocycles. The Morgan fingerprint density at radius 2 is 1.92 bits per heavy atom. The molecule has 1 heterocycles. The van der Waals surface area contributed by atoms with Crippen LogP contribution in [0.5, 0.6) is 0 Å². The molecular weight excluding hydrogens is 425 g/mol. The van der Waals surface area contributed by atoms with Crippen LogP contribution in [0.2, 0.25) is 5.02 Å². The van der Waals surface area contributed by atoms with Crippen LogP contribution in [0.1, 0.15) is 24.6 Å². The average Bonchev–Trinajstić information content (AvgIpc) is 2.85. The number of halogens is 5. The number of hydrogen-bond donors (Lipinski definition) is 0. The Labute approximate surface area is 155 Å². The van der Waals surface area contributed by atoms with Crippen molar-refractivity contribution in [3.05, 3.63) is 45.0 Å². The fourth-order valence-electron chi connectivity index (χ4n) is 2.42. The molecule has 2 aromatic rings. The molecule has 0 saturated carbocycles. The number of alkyl halides is 3. The molecule has 0 radical (unpaired) electrons. The molecule has 0 fully saturated rings. The van der Waals surface area contributed by atoms with Crippen LogP contribution in [-0.2, 0) is 15.7 Å². The van der Waals surface area contributed by atoms with Crippen LogP contribution < -0.4 is 0 Å². The van der Waals surface area contributed by atoms with Crippen molar-refractivity contribution in [1.29, 1.82) is 5.26 Å². The smallest absolute Gasteiger partial charge is 0.338 e. The molecule has 4 nitrogen and oxygen atoms in total. The first-order valence-electron chi connectivity index (χ1n) is 7.07. The summed E-state index contributed by atoms with van der Waals surface area (Å²) in [4.78, 5) is 0. The van der Waals surface area contributed by atoms with E-state index < -0.39 is 18.3 Å². The molecule has 0 bridgehead atoms. The largest absolute Gasteiger partial charge is 0.432 e. The zero-order chi connectivity index (χ0) is 18.8. The Kier molecular flexibility index (Phi) is 6.16. The average molecular weight is 438 g/mol. The predicted octanol–water partition coefficient (Wildman–Crippen LogP) is 5.60. The maximum atomic E-state index is 13.7. The highest BCUT2D eigenvalue weighted by Crippen LogP contribution is 2.45. The van der Waals surface area contributed by atoms with E-state index in [0.717, 1.165) is 4.57 Å². The molecule has 0 N–H and O–H groups in total. The normalized spacial score (nSPS) is 12.9. The lowest BCUT2D eigenvalue weighted by Gasteiger charge is -2.23. The van der Waals surface area contributed by atoms with Gasteiger partial charge in [0.1, 0.15) is 11.8 Å². The van der Waals surface area contributed by atoms with Crippen molar-refractivity contribution in [3.8, 4) is 17.3 Å². The Morgan fingerprint density at radius 1 is 1.32 bits per heavy atom. The van der Waals surface area contributed by atoms with Gasteiger partial charge in [-0.2, -0.15) is 18.4 Å². The molecule has 0 spiro atoms. The summed E-state index contributed by atoms with van der Waals surface area (Å²) in [6, 6.07) is 7.93. The molecule has 1 unspecified atom stereocenters. The maximum Gasteiger partial charge on any atom is 0.432 e.